The van der Waals surface area contributed by atoms with Crippen LogP contribution in [0.4, 0.5) is 17.6 Å². The lowest BCUT2D eigenvalue weighted by Crippen LogP contribution is -2.52. The van der Waals surface area contributed by atoms with Gasteiger partial charge in [0.05, 0.1) is 11.0 Å². The minimum absolute atomic E-state index is 0.292. The molecule has 2 saturated heterocycles. The van der Waals surface area contributed by atoms with Crippen LogP contribution < -0.4 is 5.32 Å². The van der Waals surface area contributed by atoms with Gasteiger partial charge in [-0.2, -0.15) is 13.2 Å². The van der Waals surface area contributed by atoms with E-state index in [9.17, 15) is 22.4 Å². The van der Waals surface area contributed by atoms with Crippen LogP contribution in [-0.2, 0) is 31.3 Å². The Labute approximate surface area is 190 Å². The number of amides is 1. The molecule has 2 aliphatic heterocycles. The third-order valence-electron chi connectivity index (χ3n) is 7.02. The van der Waals surface area contributed by atoms with E-state index in [2.05, 4.69) is 5.32 Å². The van der Waals surface area contributed by atoms with Gasteiger partial charge >= 0.3 is 6.18 Å². The van der Waals surface area contributed by atoms with Gasteiger partial charge in [-0.3, -0.25) is 4.79 Å². The molecule has 33 heavy (non-hydrogen) atoms. The fourth-order valence-electron chi connectivity index (χ4n) is 4.91. The lowest BCUT2D eigenvalue weighted by atomic mass is 9.71. The van der Waals surface area contributed by atoms with Crippen molar-refractivity contribution in [3.05, 3.63) is 71.0 Å². The average Bonchev–Trinajstić information content (AvgIpc) is 2.83. The number of alkyl halides is 3. The topological polar surface area (TPSA) is 47.6 Å². The van der Waals surface area contributed by atoms with Crippen molar-refractivity contribution in [1.29, 1.82) is 0 Å². The number of rotatable bonds is 5. The van der Waals surface area contributed by atoms with Gasteiger partial charge in [0, 0.05) is 38.4 Å². The molecule has 2 aromatic carbocycles. The van der Waals surface area contributed by atoms with Crippen LogP contribution in [0.5, 0.6) is 0 Å². The fraction of sp³-hybridized carbons (Fsp3) is 0.480. The number of hydrogen-bond acceptors (Lipinski definition) is 3. The van der Waals surface area contributed by atoms with E-state index in [0.29, 0.717) is 64.2 Å². The summed E-state index contributed by atoms with van der Waals surface area (Å²) in [5.41, 5.74) is -1.05. The lowest BCUT2D eigenvalue weighted by Gasteiger charge is -2.41. The molecule has 0 spiro atoms. The first-order valence-electron chi connectivity index (χ1n) is 11.1. The van der Waals surface area contributed by atoms with Crippen molar-refractivity contribution in [2.24, 2.45) is 0 Å². The van der Waals surface area contributed by atoms with Gasteiger partial charge < -0.3 is 14.8 Å². The van der Waals surface area contributed by atoms with E-state index in [-0.39, 0.29) is 11.7 Å². The second kappa shape index (κ2) is 9.43. The zero-order chi connectivity index (χ0) is 23.5. The number of ether oxygens (including phenoxy) is 2. The molecule has 0 atom stereocenters. The van der Waals surface area contributed by atoms with Crippen molar-refractivity contribution in [1.82, 2.24) is 5.32 Å². The second-order valence-electron chi connectivity index (χ2n) is 8.86. The van der Waals surface area contributed by atoms with Crippen molar-refractivity contribution in [2.75, 3.05) is 33.0 Å². The number of benzene rings is 2. The maximum atomic E-state index is 13.6. The quantitative estimate of drug-likeness (QED) is 0.648. The molecule has 0 bridgehead atoms. The third-order valence-corrected chi connectivity index (χ3v) is 7.02. The first kappa shape index (κ1) is 23.7. The van der Waals surface area contributed by atoms with Gasteiger partial charge in [0.15, 0.2) is 0 Å². The normalized spacial score (nSPS) is 20.2. The molecule has 4 rings (SSSR count). The Morgan fingerprint density at radius 1 is 0.879 bits per heavy atom. The summed E-state index contributed by atoms with van der Waals surface area (Å²) in [7, 11) is 0. The molecule has 0 saturated carbocycles. The maximum Gasteiger partial charge on any atom is 0.416 e. The van der Waals surface area contributed by atoms with E-state index in [1.807, 2.05) is 0 Å². The fourth-order valence-corrected chi connectivity index (χ4v) is 4.91. The zero-order valence-electron chi connectivity index (χ0n) is 18.2. The van der Waals surface area contributed by atoms with E-state index < -0.39 is 22.6 Å². The van der Waals surface area contributed by atoms with Crippen LogP contribution in [0.1, 0.15) is 42.4 Å². The first-order chi connectivity index (χ1) is 15.8. The summed E-state index contributed by atoms with van der Waals surface area (Å²) in [6.45, 7) is 1.91. The predicted octanol–water partition coefficient (Wildman–Crippen LogP) is 4.76. The highest BCUT2D eigenvalue weighted by Crippen LogP contribution is 2.39. The average molecular weight is 465 g/mol. The molecule has 8 heteroatoms. The SMILES string of the molecule is O=C(NCC1(c2ccc(F)cc2)CCOCC1)C1(c2cccc(C(F)(F)F)c2)CCOCC1. The molecule has 0 aromatic heterocycles. The monoisotopic (exact) mass is 465 g/mol. The number of nitrogens with one attached hydrogen (secondary N) is 1. The summed E-state index contributed by atoms with van der Waals surface area (Å²) in [6, 6.07) is 11.3. The Bertz CT molecular complexity index is 962. The van der Waals surface area contributed by atoms with Crippen LogP contribution in [0.25, 0.3) is 0 Å². The molecule has 2 fully saturated rings. The van der Waals surface area contributed by atoms with Crippen molar-refractivity contribution in [3.8, 4) is 0 Å². The largest absolute Gasteiger partial charge is 0.416 e. The number of carbonyl (C=O) groups excluding carboxylic acids is 1. The van der Waals surface area contributed by atoms with Crippen molar-refractivity contribution < 1.29 is 31.8 Å². The molecule has 0 radical (unpaired) electrons. The minimum Gasteiger partial charge on any atom is -0.381 e. The van der Waals surface area contributed by atoms with Crippen LogP contribution >= 0.6 is 0 Å². The molecule has 0 aliphatic carbocycles. The molecule has 1 amide bonds. The van der Waals surface area contributed by atoms with Gasteiger partial charge in [-0.25, -0.2) is 4.39 Å². The van der Waals surface area contributed by atoms with Gasteiger partial charge in [-0.1, -0.05) is 30.3 Å². The molecule has 2 aliphatic rings. The summed E-state index contributed by atoms with van der Waals surface area (Å²) in [6.07, 6.45) is -2.59. The van der Waals surface area contributed by atoms with Crippen molar-refractivity contribution in [2.45, 2.75) is 42.7 Å². The number of halogens is 4. The second-order valence-corrected chi connectivity index (χ2v) is 8.86. The van der Waals surface area contributed by atoms with Gasteiger partial charge in [-0.15, -0.1) is 0 Å². The first-order valence-corrected chi connectivity index (χ1v) is 11.1. The van der Waals surface area contributed by atoms with Crippen LogP contribution in [0.2, 0.25) is 0 Å². The van der Waals surface area contributed by atoms with Gasteiger partial charge in [0.1, 0.15) is 5.82 Å². The van der Waals surface area contributed by atoms with Crippen LogP contribution in [0.3, 0.4) is 0 Å². The Morgan fingerprint density at radius 3 is 2.09 bits per heavy atom. The van der Waals surface area contributed by atoms with E-state index in [4.69, 9.17) is 9.47 Å². The zero-order valence-corrected chi connectivity index (χ0v) is 18.2. The number of hydrogen-bond donors (Lipinski definition) is 1. The smallest absolute Gasteiger partial charge is 0.381 e. The van der Waals surface area contributed by atoms with Crippen LogP contribution in [0, 0.1) is 5.82 Å². The third kappa shape index (κ3) is 4.92. The van der Waals surface area contributed by atoms with Gasteiger partial charge in [0.25, 0.3) is 0 Å². The molecule has 2 aromatic rings. The summed E-state index contributed by atoms with van der Waals surface area (Å²) in [4.78, 5) is 13.6. The molecule has 178 valence electrons. The molecule has 4 nitrogen and oxygen atoms in total. The van der Waals surface area contributed by atoms with Gasteiger partial charge in [0.2, 0.25) is 5.91 Å². The summed E-state index contributed by atoms with van der Waals surface area (Å²) in [5.74, 6) is -0.645. The van der Waals surface area contributed by atoms with Gasteiger partial charge in [-0.05, 0) is 55.0 Å². The summed E-state index contributed by atoms with van der Waals surface area (Å²) in [5, 5.41) is 3.05. The maximum absolute atomic E-state index is 13.6. The highest BCUT2D eigenvalue weighted by molar-refractivity contribution is 5.88. The molecule has 1 N–H and O–H groups in total. The highest BCUT2D eigenvalue weighted by Gasteiger charge is 2.44. The molecular weight excluding hydrogens is 438 g/mol. The Morgan fingerprint density at radius 2 is 1.48 bits per heavy atom. The standard InChI is InChI=1S/C25H27F4NO3/c26-21-6-4-18(5-7-21)23(8-12-32-13-9-23)17-30-22(31)24(10-14-33-15-11-24)19-2-1-3-20(16-19)25(27,28)29/h1-7,16H,8-15,17H2,(H,30,31). The van der Waals surface area contributed by atoms with Crippen LogP contribution in [-0.4, -0.2) is 38.9 Å². The Balaban J connectivity index is 1.62. The lowest BCUT2D eigenvalue weighted by molar-refractivity contribution is -0.138. The molecular formula is C25H27F4NO3. The number of carbonyl (C=O) groups is 1. The molecule has 2 heterocycles. The van der Waals surface area contributed by atoms with Crippen molar-refractivity contribution >= 4 is 5.91 Å². The highest BCUT2D eigenvalue weighted by atomic mass is 19.4. The van der Waals surface area contributed by atoms with E-state index in [1.54, 1.807) is 18.2 Å². The molecule has 0 unspecified atom stereocenters. The van der Waals surface area contributed by atoms with Crippen LogP contribution in [0.15, 0.2) is 48.5 Å². The Kier molecular flexibility index (Phi) is 6.77. The van der Waals surface area contributed by atoms with E-state index >= 15 is 0 Å². The predicted molar refractivity (Wildman–Crippen MR) is 114 cm³/mol. The Hall–Kier alpha value is -2.45. The van der Waals surface area contributed by atoms with E-state index in [0.717, 1.165) is 17.7 Å². The summed E-state index contributed by atoms with van der Waals surface area (Å²) < 4.78 is 64.5. The van der Waals surface area contributed by atoms with Crippen molar-refractivity contribution in [3.63, 3.8) is 0 Å². The van der Waals surface area contributed by atoms with E-state index in [1.165, 1.54) is 18.2 Å². The summed E-state index contributed by atoms with van der Waals surface area (Å²) >= 11 is 0. The minimum atomic E-state index is -4.49.